The summed E-state index contributed by atoms with van der Waals surface area (Å²) >= 11 is 0. The SMILES string of the molecule is CCCC(=O)[O-].CCCC(=O)[O-].Cc1ccccn1.N.[Cl-].[Cl-].[Pt+4]. The van der Waals surface area contributed by atoms with Crippen molar-refractivity contribution in [3.05, 3.63) is 30.1 Å². The van der Waals surface area contributed by atoms with Crippen LogP contribution in [0.5, 0.6) is 0 Å². The number of hydrogen-bond donors (Lipinski definition) is 1. The first kappa shape index (κ1) is 38.1. The average molecular weight is 550 g/mol. The van der Waals surface area contributed by atoms with E-state index in [2.05, 4.69) is 4.98 Å². The number of aromatic nitrogens is 1. The smallest absolute Gasteiger partial charge is 1.00 e. The largest absolute Gasteiger partial charge is 4.00 e. The molecule has 23 heavy (non-hydrogen) atoms. The Morgan fingerprint density at radius 2 is 1.39 bits per heavy atom. The molecule has 0 radical (unpaired) electrons. The molecular weight excluding hydrogens is 526 g/mol. The van der Waals surface area contributed by atoms with Crippen molar-refractivity contribution in [2.24, 2.45) is 0 Å². The van der Waals surface area contributed by atoms with Gasteiger partial charge < -0.3 is 50.8 Å². The standard InChI is InChI=1S/C6H7N.2C4H8O2.2ClH.H3N.Pt/c1-6-4-2-3-5-7-6;2*1-2-3-4(5)6;;;;/h2-5H,1H3;2*2-3H2,1H3,(H,5,6);2*1H;1H3;/q;;;;;;+4/p-4. The fourth-order valence-corrected chi connectivity index (χ4v) is 0.856. The Hall–Kier alpha value is -0.682. The van der Waals surface area contributed by atoms with E-state index >= 15 is 0 Å². The van der Waals surface area contributed by atoms with Crippen LogP contribution in [-0.4, -0.2) is 16.9 Å². The zero-order valence-corrected chi connectivity index (χ0v) is 17.3. The minimum Gasteiger partial charge on any atom is -1.00 e. The molecule has 0 aliphatic rings. The van der Waals surface area contributed by atoms with Gasteiger partial charge in [0.2, 0.25) is 0 Å². The van der Waals surface area contributed by atoms with Gasteiger partial charge in [0, 0.05) is 23.8 Å². The summed E-state index contributed by atoms with van der Waals surface area (Å²) in [6, 6.07) is 5.86. The van der Waals surface area contributed by atoms with Crippen LogP contribution in [0.15, 0.2) is 24.4 Å². The second-order valence-corrected chi connectivity index (χ2v) is 3.72. The van der Waals surface area contributed by atoms with Gasteiger partial charge >= 0.3 is 21.1 Å². The van der Waals surface area contributed by atoms with Crippen molar-refractivity contribution in [2.75, 3.05) is 0 Å². The molecule has 0 amide bonds. The van der Waals surface area contributed by atoms with E-state index in [4.69, 9.17) is 0 Å². The summed E-state index contributed by atoms with van der Waals surface area (Å²) in [5.74, 6) is -1.92. The summed E-state index contributed by atoms with van der Waals surface area (Å²) in [5.41, 5.74) is 1.07. The van der Waals surface area contributed by atoms with Crippen molar-refractivity contribution in [3.63, 3.8) is 0 Å². The van der Waals surface area contributed by atoms with Gasteiger partial charge in [-0.15, -0.1) is 0 Å². The molecule has 0 atom stereocenters. The molecule has 3 N–H and O–H groups in total. The molecule has 0 fully saturated rings. The third kappa shape index (κ3) is 44.9. The number of aliphatic carboxylic acids is 2. The summed E-state index contributed by atoms with van der Waals surface area (Å²) in [4.78, 5) is 23.0. The number of halogens is 2. The van der Waals surface area contributed by atoms with E-state index in [1.807, 2.05) is 25.1 Å². The molecule has 0 aliphatic heterocycles. The normalized spacial score (nSPS) is 6.91. The molecule has 0 unspecified atom stereocenters. The van der Waals surface area contributed by atoms with Crippen LogP contribution in [0.1, 0.15) is 45.2 Å². The Morgan fingerprint density at radius 1 is 1.00 bits per heavy atom. The van der Waals surface area contributed by atoms with Gasteiger partial charge in [0.1, 0.15) is 0 Å². The number of nitrogens with zero attached hydrogens (tertiary/aromatic N) is 1. The van der Waals surface area contributed by atoms with Gasteiger partial charge in [-0.25, -0.2) is 0 Å². The van der Waals surface area contributed by atoms with Crippen LogP contribution < -0.4 is 41.2 Å². The van der Waals surface area contributed by atoms with Crippen molar-refractivity contribution in [1.82, 2.24) is 11.1 Å². The van der Waals surface area contributed by atoms with E-state index < -0.39 is 11.9 Å². The van der Waals surface area contributed by atoms with E-state index in [-0.39, 0.29) is 64.9 Å². The maximum atomic E-state index is 9.49. The van der Waals surface area contributed by atoms with E-state index in [0.29, 0.717) is 12.8 Å². The number of carbonyl (C=O) groups excluding carboxylic acids is 2. The molecule has 1 heterocycles. The molecule has 1 aromatic heterocycles. The van der Waals surface area contributed by atoms with Crippen LogP contribution in [0, 0.1) is 6.92 Å². The first-order chi connectivity index (χ1) is 8.93. The zero-order chi connectivity index (χ0) is 15.1. The fraction of sp³-hybridized carbons (Fsp3) is 0.500. The molecule has 0 aliphatic carbocycles. The molecule has 1 aromatic rings. The monoisotopic (exact) mass is 549 g/mol. The molecule has 0 saturated heterocycles. The van der Waals surface area contributed by atoms with Crippen LogP contribution in [-0.2, 0) is 30.7 Å². The summed E-state index contributed by atoms with van der Waals surface area (Å²) in [7, 11) is 0. The fourth-order valence-electron chi connectivity index (χ4n) is 0.856. The molecule has 0 spiro atoms. The minimum absolute atomic E-state index is 0. The Bertz CT molecular complexity index is 342. The number of carbonyl (C=O) groups is 2. The van der Waals surface area contributed by atoms with Gasteiger partial charge in [-0.1, -0.05) is 32.8 Å². The molecule has 0 saturated carbocycles. The quantitative estimate of drug-likeness (QED) is 0.399. The molecule has 1 rings (SSSR count). The number of pyridine rings is 1. The maximum absolute atomic E-state index is 9.49. The van der Waals surface area contributed by atoms with Crippen LogP contribution >= 0.6 is 0 Å². The minimum atomic E-state index is -0.961. The van der Waals surface area contributed by atoms with Gasteiger partial charge in [0.15, 0.2) is 0 Å². The van der Waals surface area contributed by atoms with Crippen molar-refractivity contribution in [2.45, 2.75) is 46.5 Å². The third-order valence-electron chi connectivity index (χ3n) is 1.72. The molecular formula is C14H24Cl2N2O4Pt. The zero-order valence-electron chi connectivity index (χ0n) is 13.5. The Morgan fingerprint density at radius 3 is 1.48 bits per heavy atom. The van der Waals surface area contributed by atoms with E-state index in [0.717, 1.165) is 5.69 Å². The average Bonchev–Trinajstić information content (AvgIpc) is 2.31. The number of carboxylic acids is 2. The second-order valence-electron chi connectivity index (χ2n) is 3.72. The van der Waals surface area contributed by atoms with Crippen molar-refractivity contribution >= 4 is 11.9 Å². The van der Waals surface area contributed by atoms with Gasteiger partial charge in [-0.05, 0) is 31.9 Å². The summed E-state index contributed by atoms with van der Waals surface area (Å²) in [6.45, 7) is 5.58. The predicted molar refractivity (Wildman–Crippen MR) is 73.8 cm³/mol. The topological polar surface area (TPSA) is 128 Å². The van der Waals surface area contributed by atoms with Gasteiger partial charge in [-0.2, -0.15) is 0 Å². The second kappa shape index (κ2) is 29.3. The van der Waals surface area contributed by atoms with Crippen molar-refractivity contribution in [3.8, 4) is 0 Å². The van der Waals surface area contributed by atoms with E-state index in [9.17, 15) is 19.8 Å². The van der Waals surface area contributed by atoms with Crippen molar-refractivity contribution < 1.29 is 65.7 Å². The van der Waals surface area contributed by atoms with Crippen LogP contribution in [0.2, 0.25) is 0 Å². The Labute approximate surface area is 165 Å². The number of carboxylic acid groups (broad SMARTS) is 2. The van der Waals surface area contributed by atoms with Crippen LogP contribution in [0.25, 0.3) is 0 Å². The van der Waals surface area contributed by atoms with E-state index in [1.165, 1.54) is 0 Å². The first-order valence-corrected chi connectivity index (χ1v) is 6.21. The van der Waals surface area contributed by atoms with Crippen LogP contribution in [0.4, 0.5) is 0 Å². The third-order valence-corrected chi connectivity index (χ3v) is 1.72. The Kier molecular flexibility index (Phi) is 48.6. The molecule has 6 nitrogen and oxygen atoms in total. The van der Waals surface area contributed by atoms with Gasteiger partial charge in [-0.3, -0.25) is 4.98 Å². The molecule has 0 aromatic carbocycles. The summed E-state index contributed by atoms with van der Waals surface area (Å²) < 4.78 is 0. The van der Waals surface area contributed by atoms with Gasteiger partial charge in [0.05, 0.1) is 0 Å². The number of aryl methyl sites for hydroxylation is 1. The molecule has 0 bridgehead atoms. The van der Waals surface area contributed by atoms with Crippen molar-refractivity contribution in [1.29, 1.82) is 0 Å². The number of hydrogen-bond acceptors (Lipinski definition) is 6. The first-order valence-electron chi connectivity index (χ1n) is 6.21. The van der Waals surface area contributed by atoms with Crippen LogP contribution in [0.3, 0.4) is 0 Å². The molecule has 138 valence electrons. The molecule has 9 heteroatoms. The van der Waals surface area contributed by atoms with Gasteiger partial charge in [0.25, 0.3) is 0 Å². The number of rotatable bonds is 4. The summed E-state index contributed by atoms with van der Waals surface area (Å²) in [6.07, 6.45) is 3.49. The summed E-state index contributed by atoms with van der Waals surface area (Å²) in [5, 5.41) is 19.0. The Balaban J connectivity index is -0.0000000436. The maximum Gasteiger partial charge on any atom is 4.00 e. The van der Waals surface area contributed by atoms with E-state index in [1.54, 1.807) is 20.0 Å². The predicted octanol–water partition coefficient (Wildman–Crippen LogP) is -5.37.